The van der Waals surface area contributed by atoms with Crippen LogP contribution >= 0.6 is 0 Å². The van der Waals surface area contributed by atoms with Crippen LogP contribution in [0.15, 0.2) is 6.20 Å². The Bertz CT molecular complexity index is 197. The van der Waals surface area contributed by atoms with Gasteiger partial charge in [0.05, 0.1) is 11.9 Å². The van der Waals surface area contributed by atoms with E-state index in [1.54, 1.807) is 6.20 Å². The lowest BCUT2D eigenvalue weighted by molar-refractivity contribution is 0.192. The minimum Gasteiger partial charge on any atom is -0.374 e. The Kier molecular flexibility index (Phi) is 2.35. The first-order valence-electron chi connectivity index (χ1n) is 3.01. The molecule has 0 amide bonds. The second-order valence-electron chi connectivity index (χ2n) is 1.92. The van der Waals surface area contributed by atoms with Crippen molar-refractivity contribution in [3.05, 3.63) is 11.9 Å². The summed E-state index contributed by atoms with van der Waals surface area (Å²) in [6.07, 6.45) is 1.69. The summed E-state index contributed by atoms with van der Waals surface area (Å²) in [4.78, 5) is 0. The van der Waals surface area contributed by atoms with Crippen molar-refractivity contribution in [2.45, 2.75) is 13.3 Å². The van der Waals surface area contributed by atoms with E-state index in [0.717, 1.165) is 5.69 Å². The molecule has 1 rings (SSSR count). The van der Waals surface area contributed by atoms with E-state index in [1.807, 2.05) is 7.05 Å². The zero-order valence-corrected chi connectivity index (χ0v) is 5.78. The van der Waals surface area contributed by atoms with E-state index in [2.05, 4.69) is 15.6 Å². The minimum absolute atomic E-state index is 0.114. The van der Waals surface area contributed by atoms with Crippen molar-refractivity contribution >= 4 is 0 Å². The molecule has 5 nitrogen and oxygen atoms in total. The van der Waals surface area contributed by atoms with Gasteiger partial charge in [-0.25, -0.2) is 4.68 Å². The van der Waals surface area contributed by atoms with Gasteiger partial charge in [-0.15, -0.1) is 5.10 Å². The summed E-state index contributed by atoms with van der Waals surface area (Å²) in [5.74, 6) is 0. The van der Waals surface area contributed by atoms with Crippen molar-refractivity contribution in [1.29, 1.82) is 0 Å². The molecule has 0 spiro atoms. The van der Waals surface area contributed by atoms with Gasteiger partial charge in [0.1, 0.15) is 6.73 Å². The van der Waals surface area contributed by atoms with Gasteiger partial charge in [-0.2, -0.15) is 0 Å². The molecule has 0 fully saturated rings. The molecule has 0 atom stereocenters. The normalized spacial score (nSPS) is 10.2. The summed E-state index contributed by atoms with van der Waals surface area (Å²) in [5, 5.41) is 18.9. The molecule has 0 aliphatic rings. The Morgan fingerprint density at radius 2 is 2.60 bits per heavy atom. The molecule has 1 aromatic rings. The van der Waals surface area contributed by atoms with Crippen LogP contribution in [0.2, 0.25) is 0 Å². The lowest BCUT2D eigenvalue weighted by Crippen LogP contribution is -2.05. The molecule has 0 bridgehead atoms. The van der Waals surface area contributed by atoms with Gasteiger partial charge in [0.15, 0.2) is 0 Å². The van der Waals surface area contributed by atoms with Gasteiger partial charge in [0.25, 0.3) is 0 Å². The highest BCUT2D eigenvalue weighted by molar-refractivity contribution is 4.90. The average molecular weight is 142 g/mol. The fourth-order valence-electron chi connectivity index (χ4n) is 0.670. The molecule has 5 heteroatoms. The summed E-state index contributed by atoms with van der Waals surface area (Å²) in [6.45, 7) is 0.566. The molecular formula is C5H10N4O. The van der Waals surface area contributed by atoms with Gasteiger partial charge >= 0.3 is 0 Å². The quantitative estimate of drug-likeness (QED) is 0.565. The number of nitrogens with zero attached hydrogens (tertiary/aromatic N) is 3. The summed E-state index contributed by atoms with van der Waals surface area (Å²) < 4.78 is 1.37. The third kappa shape index (κ3) is 1.52. The van der Waals surface area contributed by atoms with Crippen LogP contribution in [0.3, 0.4) is 0 Å². The average Bonchev–Trinajstić information content (AvgIpc) is 2.37. The third-order valence-corrected chi connectivity index (χ3v) is 1.09. The van der Waals surface area contributed by atoms with E-state index in [4.69, 9.17) is 5.11 Å². The molecule has 10 heavy (non-hydrogen) atoms. The van der Waals surface area contributed by atoms with Gasteiger partial charge in [0.2, 0.25) is 0 Å². The maximum absolute atomic E-state index is 8.56. The highest BCUT2D eigenvalue weighted by atomic mass is 16.3. The van der Waals surface area contributed by atoms with Crippen LogP contribution in [0.4, 0.5) is 0 Å². The Hall–Kier alpha value is -0.940. The van der Waals surface area contributed by atoms with Gasteiger partial charge in [-0.3, -0.25) is 0 Å². The number of aliphatic hydroxyl groups excluding tert-OH is 1. The molecular weight excluding hydrogens is 132 g/mol. The Morgan fingerprint density at radius 1 is 1.80 bits per heavy atom. The lowest BCUT2D eigenvalue weighted by atomic mass is 10.5. The zero-order chi connectivity index (χ0) is 7.40. The summed E-state index contributed by atoms with van der Waals surface area (Å²) in [5.41, 5.74) is 0.830. The molecule has 2 N–H and O–H groups in total. The van der Waals surface area contributed by atoms with E-state index in [1.165, 1.54) is 4.68 Å². The van der Waals surface area contributed by atoms with Crippen LogP contribution in [0.5, 0.6) is 0 Å². The maximum atomic E-state index is 8.56. The van der Waals surface area contributed by atoms with Crippen molar-refractivity contribution in [2.24, 2.45) is 0 Å². The van der Waals surface area contributed by atoms with Crippen molar-refractivity contribution < 1.29 is 5.11 Å². The number of aliphatic hydroxyl groups is 1. The van der Waals surface area contributed by atoms with Crippen molar-refractivity contribution in [3.63, 3.8) is 0 Å². The van der Waals surface area contributed by atoms with Crippen molar-refractivity contribution in [2.75, 3.05) is 7.05 Å². The molecule has 0 aliphatic heterocycles. The topological polar surface area (TPSA) is 63.0 Å². The highest BCUT2D eigenvalue weighted by Crippen LogP contribution is 1.89. The standard InChI is InChI=1S/C5H10N4O/c1-6-2-5-3-9(4-10)8-7-5/h3,6,10H,2,4H2,1H3. The molecule has 0 aliphatic carbocycles. The maximum Gasteiger partial charge on any atom is 0.137 e. The largest absolute Gasteiger partial charge is 0.374 e. The predicted octanol–water partition coefficient (Wildman–Crippen LogP) is -1.05. The Balaban J connectivity index is 2.59. The summed E-state index contributed by atoms with van der Waals surface area (Å²) >= 11 is 0. The Morgan fingerprint density at radius 3 is 3.10 bits per heavy atom. The first-order valence-corrected chi connectivity index (χ1v) is 3.01. The zero-order valence-electron chi connectivity index (χ0n) is 5.78. The van der Waals surface area contributed by atoms with Crippen LogP contribution in [-0.4, -0.2) is 27.1 Å². The molecule has 1 aromatic heterocycles. The molecule has 0 saturated carbocycles. The van der Waals surface area contributed by atoms with Crippen LogP contribution in [0.25, 0.3) is 0 Å². The monoisotopic (exact) mass is 142 g/mol. The van der Waals surface area contributed by atoms with Crippen molar-refractivity contribution in [3.8, 4) is 0 Å². The number of rotatable bonds is 3. The molecule has 0 aromatic carbocycles. The van der Waals surface area contributed by atoms with Crippen molar-refractivity contribution in [1.82, 2.24) is 20.3 Å². The first-order chi connectivity index (χ1) is 4.86. The number of hydrogen-bond acceptors (Lipinski definition) is 4. The van der Waals surface area contributed by atoms with E-state index in [-0.39, 0.29) is 6.73 Å². The minimum atomic E-state index is -0.114. The van der Waals surface area contributed by atoms with Gasteiger partial charge in [-0.05, 0) is 7.05 Å². The Labute approximate surface area is 58.7 Å². The van der Waals surface area contributed by atoms with Gasteiger partial charge < -0.3 is 10.4 Å². The highest BCUT2D eigenvalue weighted by Gasteiger charge is 1.95. The molecule has 0 saturated heterocycles. The lowest BCUT2D eigenvalue weighted by Gasteiger charge is -1.89. The number of aromatic nitrogens is 3. The molecule has 56 valence electrons. The smallest absolute Gasteiger partial charge is 0.137 e. The van der Waals surface area contributed by atoms with Crippen LogP contribution < -0.4 is 5.32 Å². The van der Waals surface area contributed by atoms with E-state index in [0.29, 0.717) is 6.54 Å². The SMILES string of the molecule is CNCc1cn(CO)nn1. The van der Waals surface area contributed by atoms with E-state index >= 15 is 0 Å². The van der Waals surface area contributed by atoms with E-state index < -0.39 is 0 Å². The fraction of sp³-hybridized carbons (Fsp3) is 0.600. The second kappa shape index (κ2) is 3.28. The summed E-state index contributed by atoms with van der Waals surface area (Å²) in [7, 11) is 1.83. The van der Waals surface area contributed by atoms with E-state index in [9.17, 15) is 0 Å². The summed E-state index contributed by atoms with van der Waals surface area (Å²) in [6, 6.07) is 0. The van der Waals surface area contributed by atoms with Gasteiger partial charge in [0, 0.05) is 6.54 Å². The number of nitrogens with one attached hydrogen (secondary N) is 1. The van der Waals surface area contributed by atoms with Crippen LogP contribution in [0, 0.1) is 0 Å². The predicted molar refractivity (Wildman–Crippen MR) is 35.0 cm³/mol. The number of hydrogen-bond donors (Lipinski definition) is 2. The van der Waals surface area contributed by atoms with Gasteiger partial charge in [-0.1, -0.05) is 5.21 Å². The fourth-order valence-corrected chi connectivity index (χ4v) is 0.670. The third-order valence-electron chi connectivity index (χ3n) is 1.09. The molecule has 0 radical (unpaired) electrons. The molecule has 0 unspecified atom stereocenters. The second-order valence-corrected chi connectivity index (χ2v) is 1.92. The van der Waals surface area contributed by atoms with Crippen LogP contribution in [0.1, 0.15) is 5.69 Å². The van der Waals surface area contributed by atoms with Crippen LogP contribution in [-0.2, 0) is 13.3 Å². The molecule has 1 heterocycles. The first kappa shape index (κ1) is 7.17.